The maximum absolute atomic E-state index is 13.6. The zero-order valence-corrected chi connectivity index (χ0v) is 22.1. The molecule has 3 aliphatic carbocycles. The Bertz CT molecular complexity index is 1300. The third-order valence-corrected chi connectivity index (χ3v) is 7.33. The molecule has 0 radical (unpaired) electrons. The van der Waals surface area contributed by atoms with Crippen molar-refractivity contribution in [2.24, 2.45) is 17.6 Å². The topological polar surface area (TPSA) is 194 Å². The molecule has 1 aromatic carbocycles. The van der Waals surface area contributed by atoms with Gasteiger partial charge in [0.1, 0.15) is 17.1 Å². The van der Waals surface area contributed by atoms with E-state index in [9.17, 15) is 39.6 Å². The number of rotatable bonds is 5. The number of aromatic hydroxyl groups is 1. The van der Waals surface area contributed by atoms with Crippen LogP contribution < -0.4 is 11.1 Å². The number of anilines is 1. The number of phenolic OH excluding ortho intramolecular Hbond substituents is 1. The molecule has 0 bridgehead atoms. The van der Waals surface area contributed by atoms with Crippen LogP contribution in [0, 0.1) is 11.8 Å². The standard InChI is InChI=1S/C25H30N4O8.ClH/c1-28(2)9-14(30)27-13-6-5-10-7-11-8-12-18(29(3)4)21(33)17(24(26)36)23(35)25(12,37)22(34)16(11)20(32)15(10)19(13)31;/h5-6,11-12,18,31,33-34,37H,7-9H2,1-4H3,(H2,26,36)(H,27,30);1H/t11?,12?,18-,25?;/m0./s1. The molecule has 7 N–H and O–H groups in total. The fourth-order valence-electron chi connectivity index (χ4n) is 5.80. The molecule has 12 nitrogen and oxygen atoms in total. The molecule has 0 saturated carbocycles. The Labute approximate surface area is 224 Å². The highest BCUT2D eigenvalue weighted by Crippen LogP contribution is 2.52. The van der Waals surface area contributed by atoms with Crippen LogP contribution in [0.15, 0.2) is 34.8 Å². The first-order valence-corrected chi connectivity index (χ1v) is 11.7. The zero-order chi connectivity index (χ0) is 27.6. The molecule has 0 fully saturated rings. The van der Waals surface area contributed by atoms with E-state index in [0.29, 0.717) is 5.56 Å². The lowest BCUT2D eigenvalue weighted by Crippen LogP contribution is -2.63. The van der Waals surface area contributed by atoms with Crippen LogP contribution in [0.25, 0.3) is 0 Å². The normalized spacial score (nSPS) is 26.6. The summed E-state index contributed by atoms with van der Waals surface area (Å²) in [7, 11) is 6.52. The summed E-state index contributed by atoms with van der Waals surface area (Å²) in [5.74, 6) is -7.61. The highest BCUT2D eigenvalue weighted by Gasteiger charge is 2.63. The van der Waals surface area contributed by atoms with E-state index in [1.807, 2.05) is 0 Å². The van der Waals surface area contributed by atoms with Crippen molar-refractivity contribution in [3.8, 4) is 5.75 Å². The highest BCUT2D eigenvalue weighted by molar-refractivity contribution is 6.25. The number of hydrogen-bond donors (Lipinski definition) is 6. The minimum Gasteiger partial charge on any atom is -0.510 e. The Morgan fingerprint density at radius 3 is 2.32 bits per heavy atom. The van der Waals surface area contributed by atoms with E-state index in [0.717, 1.165) is 0 Å². The molecule has 0 aliphatic heterocycles. The lowest BCUT2D eigenvalue weighted by Gasteiger charge is -2.50. The number of aliphatic hydroxyl groups excluding tert-OH is 2. The number of likely N-dealkylation sites (N-methyl/N-ethyl adjacent to an activating group) is 2. The molecule has 0 aromatic heterocycles. The van der Waals surface area contributed by atoms with Crippen molar-refractivity contribution in [3.05, 3.63) is 45.9 Å². The smallest absolute Gasteiger partial charge is 0.255 e. The molecule has 0 saturated heterocycles. The van der Waals surface area contributed by atoms with Crippen LogP contribution in [0.4, 0.5) is 5.69 Å². The van der Waals surface area contributed by atoms with Crippen molar-refractivity contribution in [2.45, 2.75) is 24.5 Å². The van der Waals surface area contributed by atoms with Gasteiger partial charge in [0.2, 0.25) is 11.7 Å². The van der Waals surface area contributed by atoms with Crippen LogP contribution in [0.3, 0.4) is 0 Å². The molecule has 1 aromatic rings. The lowest BCUT2D eigenvalue weighted by atomic mass is 9.58. The van der Waals surface area contributed by atoms with Gasteiger partial charge in [-0.3, -0.25) is 24.1 Å². The number of fused-ring (bicyclic) bond motifs is 3. The van der Waals surface area contributed by atoms with E-state index in [4.69, 9.17) is 5.73 Å². The number of nitrogens with two attached hydrogens (primary N) is 1. The lowest BCUT2D eigenvalue weighted by molar-refractivity contribution is -0.148. The number of primary amides is 1. The maximum Gasteiger partial charge on any atom is 0.255 e. The third kappa shape index (κ3) is 4.23. The van der Waals surface area contributed by atoms with Crippen LogP contribution in [-0.4, -0.2) is 100.0 Å². The van der Waals surface area contributed by atoms with Crippen molar-refractivity contribution in [2.75, 3.05) is 40.1 Å². The Hall–Kier alpha value is -3.45. The van der Waals surface area contributed by atoms with Gasteiger partial charge in [0.05, 0.1) is 23.8 Å². The average molecular weight is 551 g/mol. The van der Waals surface area contributed by atoms with Gasteiger partial charge < -0.3 is 36.4 Å². The van der Waals surface area contributed by atoms with Crippen LogP contribution in [0.1, 0.15) is 22.3 Å². The predicted octanol–water partition coefficient (Wildman–Crippen LogP) is 0.0425. The van der Waals surface area contributed by atoms with Crippen molar-refractivity contribution in [1.82, 2.24) is 9.80 Å². The van der Waals surface area contributed by atoms with E-state index in [1.54, 1.807) is 39.2 Å². The maximum atomic E-state index is 13.6. The van der Waals surface area contributed by atoms with Crippen LogP contribution in [0.2, 0.25) is 0 Å². The van der Waals surface area contributed by atoms with Crippen LogP contribution in [-0.2, 0) is 20.8 Å². The number of aliphatic hydroxyl groups is 3. The average Bonchev–Trinajstić information content (AvgIpc) is 2.77. The number of allylic oxidation sites excluding steroid dienone is 1. The van der Waals surface area contributed by atoms with E-state index < -0.39 is 69.7 Å². The molecule has 2 amide bonds. The van der Waals surface area contributed by atoms with Gasteiger partial charge in [-0.1, -0.05) is 6.07 Å². The summed E-state index contributed by atoms with van der Waals surface area (Å²) in [5.41, 5.74) is 1.80. The number of Topliss-reactive ketones (excluding diaryl/α,β-unsaturated/α-hetero) is 2. The first-order valence-electron chi connectivity index (χ1n) is 11.7. The Morgan fingerprint density at radius 2 is 1.76 bits per heavy atom. The molecule has 3 unspecified atom stereocenters. The Balaban J connectivity index is 0.00000400. The Kier molecular flexibility index (Phi) is 7.68. The van der Waals surface area contributed by atoms with Crippen molar-refractivity contribution in [1.29, 1.82) is 0 Å². The summed E-state index contributed by atoms with van der Waals surface area (Å²) in [6.07, 6.45) is 0.182. The number of hydrogen-bond acceptors (Lipinski definition) is 10. The number of benzene rings is 1. The zero-order valence-electron chi connectivity index (χ0n) is 21.3. The second-order valence-electron chi connectivity index (χ2n) is 10.2. The second kappa shape index (κ2) is 10.0. The number of carbonyl (C=O) groups excluding carboxylic acids is 4. The van der Waals surface area contributed by atoms with E-state index in [-0.39, 0.29) is 48.6 Å². The molecule has 0 spiro atoms. The number of nitrogens with zero attached hydrogens (tertiary/aromatic N) is 2. The SMILES string of the molecule is CN(C)CC(=O)Nc1ccc2c(c1O)C(=O)C1=C(O)C3(O)C(=O)C(C(N)=O)=C(O)[C@@H](N(C)C)C3CC1C2.Cl. The van der Waals surface area contributed by atoms with Crippen molar-refractivity contribution in [3.63, 3.8) is 0 Å². The van der Waals surface area contributed by atoms with Gasteiger partial charge in [0.25, 0.3) is 5.91 Å². The monoisotopic (exact) mass is 550 g/mol. The summed E-state index contributed by atoms with van der Waals surface area (Å²) in [6, 6.07) is 2.02. The predicted molar refractivity (Wildman–Crippen MR) is 138 cm³/mol. The summed E-state index contributed by atoms with van der Waals surface area (Å²) in [5, 5.41) is 47.1. The van der Waals surface area contributed by atoms with Crippen LogP contribution >= 0.6 is 12.4 Å². The van der Waals surface area contributed by atoms with Gasteiger partial charge in [-0.25, -0.2) is 0 Å². The summed E-state index contributed by atoms with van der Waals surface area (Å²) >= 11 is 0. The fourth-order valence-corrected chi connectivity index (χ4v) is 5.80. The van der Waals surface area contributed by atoms with E-state index in [1.165, 1.54) is 11.0 Å². The number of phenols is 1. The molecule has 3 aliphatic rings. The molecule has 13 heteroatoms. The van der Waals surface area contributed by atoms with Gasteiger partial charge in [-0.15, -0.1) is 12.4 Å². The van der Waals surface area contributed by atoms with E-state index in [2.05, 4.69) is 5.32 Å². The van der Waals surface area contributed by atoms with Gasteiger partial charge >= 0.3 is 0 Å². The minimum absolute atomic E-state index is 0. The summed E-state index contributed by atoms with van der Waals surface area (Å²) in [6.45, 7) is 0.0324. The number of halogens is 1. The van der Waals surface area contributed by atoms with Gasteiger partial charge in [-0.05, 0) is 58.6 Å². The molecule has 38 heavy (non-hydrogen) atoms. The quantitative estimate of drug-likeness (QED) is 0.215. The third-order valence-electron chi connectivity index (χ3n) is 7.33. The molecular formula is C25H31ClN4O8. The van der Waals surface area contributed by atoms with E-state index >= 15 is 0 Å². The largest absolute Gasteiger partial charge is 0.510 e. The second-order valence-corrected chi connectivity index (χ2v) is 10.2. The number of ketones is 2. The number of nitrogens with one attached hydrogen (secondary N) is 1. The highest BCUT2D eigenvalue weighted by atomic mass is 35.5. The molecule has 0 heterocycles. The molecule has 4 atom stereocenters. The van der Waals surface area contributed by atoms with Gasteiger partial charge in [-0.2, -0.15) is 0 Å². The minimum atomic E-state index is -2.70. The molecular weight excluding hydrogens is 520 g/mol. The summed E-state index contributed by atoms with van der Waals surface area (Å²) < 4.78 is 0. The number of carbonyl (C=O) groups is 4. The molecule has 206 valence electrons. The van der Waals surface area contributed by atoms with Crippen LogP contribution in [0.5, 0.6) is 5.75 Å². The molecule has 4 rings (SSSR count). The first-order chi connectivity index (χ1) is 17.2. The first kappa shape index (κ1) is 29.1. The fraction of sp³-hybridized carbons (Fsp3) is 0.440. The van der Waals surface area contributed by atoms with Gasteiger partial charge in [0.15, 0.2) is 17.1 Å². The summed E-state index contributed by atoms with van der Waals surface area (Å²) in [4.78, 5) is 54.3. The van der Waals surface area contributed by atoms with Crippen molar-refractivity contribution >= 4 is 41.5 Å². The number of amides is 2. The van der Waals surface area contributed by atoms with Gasteiger partial charge in [0, 0.05) is 11.5 Å². The Morgan fingerprint density at radius 1 is 1.13 bits per heavy atom. The van der Waals surface area contributed by atoms with Crippen molar-refractivity contribution < 1.29 is 39.6 Å².